The molecule has 1 heterocycles. The van der Waals surface area contributed by atoms with Gasteiger partial charge in [-0.05, 0) is 54.8 Å². The van der Waals surface area contributed by atoms with Crippen molar-refractivity contribution in [1.82, 2.24) is 9.47 Å². The third-order valence-electron chi connectivity index (χ3n) is 5.90. The Balaban J connectivity index is 1.59. The van der Waals surface area contributed by atoms with Crippen LogP contribution in [0.1, 0.15) is 53.7 Å². The number of amides is 1. The summed E-state index contributed by atoms with van der Waals surface area (Å²) in [5.41, 5.74) is 2.97. The molecule has 0 radical (unpaired) electrons. The normalized spacial score (nSPS) is 14.6. The molecule has 1 aliphatic rings. The quantitative estimate of drug-likeness (QED) is 0.372. The first-order valence-electron chi connectivity index (χ1n) is 10.6. The zero-order valence-corrected chi connectivity index (χ0v) is 19.3. The predicted octanol–water partition coefficient (Wildman–Crippen LogP) is 6.93. The number of hydrogen-bond acceptors (Lipinski definition) is 1. The molecule has 1 saturated carbocycles. The lowest BCUT2D eigenvalue weighted by atomic mass is 9.93. The Morgan fingerprint density at radius 2 is 1.73 bits per heavy atom. The van der Waals surface area contributed by atoms with Crippen LogP contribution in [-0.2, 0) is 13.1 Å². The SMILES string of the molecule is O=C(c1ccccc1Cl)N(Cc1cccn1Cc1ccc(Br)cc1)C1CCCCC1. The maximum Gasteiger partial charge on any atom is 0.255 e. The summed E-state index contributed by atoms with van der Waals surface area (Å²) in [7, 11) is 0. The van der Waals surface area contributed by atoms with Gasteiger partial charge in [-0.3, -0.25) is 4.79 Å². The highest BCUT2D eigenvalue weighted by Crippen LogP contribution is 2.28. The highest BCUT2D eigenvalue weighted by atomic mass is 79.9. The van der Waals surface area contributed by atoms with Crippen LogP contribution >= 0.6 is 27.5 Å². The molecule has 1 aromatic heterocycles. The number of rotatable bonds is 6. The molecule has 30 heavy (non-hydrogen) atoms. The van der Waals surface area contributed by atoms with Crippen LogP contribution < -0.4 is 0 Å². The smallest absolute Gasteiger partial charge is 0.255 e. The molecule has 4 rings (SSSR count). The number of halogens is 2. The minimum Gasteiger partial charge on any atom is -0.345 e. The Bertz CT molecular complexity index is 992. The minimum absolute atomic E-state index is 0.0314. The zero-order valence-electron chi connectivity index (χ0n) is 16.9. The number of benzene rings is 2. The fraction of sp³-hybridized carbons (Fsp3) is 0.320. The van der Waals surface area contributed by atoms with Gasteiger partial charge < -0.3 is 9.47 Å². The fourth-order valence-corrected chi connectivity index (χ4v) is 4.74. The van der Waals surface area contributed by atoms with E-state index in [0.29, 0.717) is 17.1 Å². The zero-order chi connectivity index (χ0) is 20.9. The Kier molecular flexibility index (Phi) is 6.96. The van der Waals surface area contributed by atoms with Gasteiger partial charge in [0, 0.05) is 29.0 Å². The first-order valence-corrected chi connectivity index (χ1v) is 11.7. The summed E-state index contributed by atoms with van der Waals surface area (Å²) in [6, 6.07) is 20.2. The summed E-state index contributed by atoms with van der Waals surface area (Å²) in [5.74, 6) is 0.0314. The Morgan fingerprint density at radius 3 is 2.47 bits per heavy atom. The number of nitrogens with zero attached hydrogens (tertiary/aromatic N) is 2. The number of hydrogen-bond donors (Lipinski definition) is 0. The summed E-state index contributed by atoms with van der Waals surface area (Å²) in [4.78, 5) is 15.6. The fourth-order valence-electron chi connectivity index (χ4n) is 4.26. The Morgan fingerprint density at radius 1 is 1.00 bits per heavy atom. The van der Waals surface area contributed by atoms with Gasteiger partial charge in [-0.15, -0.1) is 0 Å². The van der Waals surface area contributed by atoms with Crippen molar-refractivity contribution in [2.45, 2.75) is 51.2 Å². The van der Waals surface area contributed by atoms with Crippen LogP contribution in [0.15, 0.2) is 71.3 Å². The van der Waals surface area contributed by atoms with Gasteiger partial charge in [0.15, 0.2) is 0 Å². The summed E-state index contributed by atoms with van der Waals surface area (Å²) >= 11 is 9.88. The van der Waals surface area contributed by atoms with Gasteiger partial charge >= 0.3 is 0 Å². The lowest BCUT2D eigenvalue weighted by molar-refractivity contribution is 0.0609. The third-order valence-corrected chi connectivity index (χ3v) is 6.76. The molecule has 0 atom stereocenters. The van der Waals surface area contributed by atoms with Gasteiger partial charge in [-0.1, -0.05) is 71.1 Å². The van der Waals surface area contributed by atoms with Crippen LogP contribution in [0.3, 0.4) is 0 Å². The second-order valence-corrected chi connectivity index (χ2v) is 9.28. The molecule has 0 bridgehead atoms. The van der Waals surface area contributed by atoms with Gasteiger partial charge in [0.1, 0.15) is 0 Å². The molecule has 1 amide bonds. The molecule has 0 N–H and O–H groups in total. The highest BCUT2D eigenvalue weighted by molar-refractivity contribution is 9.10. The molecule has 0 unspecified atom stereocenters. The van der Waals surface area contributed by atoms with Crippen molar-refractivity contribution < 1.29 is 4.79 Å². The molecule has 0 aliphatic heterocycles. The van der Waals surface area contributed by atoms with Gasteiger partial charge in [-0.2, -0.15) is 0 Å². The molecule has 0 saturated heterocycles. The van der Waals surface area contributed by atoms with Crippen LogP contribution in [0.4, 0.5) is 0 Å². The van der Waals surface area contributed by atoms with Crippen LogP contribution in [0.2, 0.25) is 5.02 Å². The van der Waals surface area contributed by atoms with Crippen molar-refractivity contribution in [1.29, 1.82) is 0 Å². The van der Waals surface area contributed by atoms with Gasteiger partial charge in [0.25, 0.3) is 5.91 Å². The molecule has 3 nitrogen and oxygen atoms in total. The average Bonchev–Trinajstić information content (AvgIpc) is 3.21. The summed E-state index contributed by atoms with van der Waals surface area (Å²) in [6.07, 6.45) is 7.82. The first kappa shape index (κ1) is 21.2. The van der Waals surface area contributed by atoms with E-state index in [1.165, 1.54) is 24.8 Å². The molecular weight excluding hydrogens is 460 g/mol. The maximum atomic E-state index is 13.5. The minimum atomic E-state index is 0.0314. The van der Waals surface area contributed by atoms with E-state index in [9.17, 15) is 4.79 Å². The highest BCUT2D eigenvalue weighted by Gasteiger charge is 2.28. The lowest BCUT2D eigenvalue weighted by Gasteiger charge is -2.35. The number of aromatic nitrogens is 1. The Labute approximate surface area is 191 Å². The molecule has 2 aromatic carbocycles. The van der Waals surface area contributed by atoms with Gasteiger partial charge in [0.2, 0.25) is 0 Å². The molecule has 0 spiro atoms. The molecule has 1 fully saturated rings. The van der Waals surface area contributed by atoms with E-state index in [-0.39, 0.29) is 11.9 Å². The molecule has 5 heteroatoms. The standard InChI is InChI=1S/C25H26BrClN2O/c26-20-14-12-19(13-15-20)17-28-16-6-9-22(28)18-29(21-7-2-1-3-8-21)25(30)23-10-4-5-11-24(23)27/h4-6,9-16,21H,1-3,7-8,17-18H2. The largest absolute Gasteiger partial charge is 0.345 e. The first-order chi connectivity index (χ1) is 14.6. The van der Waals surface area contributed by atoms with Gasteiger partial charge in [0.05, 0.1) is 17.1 Å². The van der Waals surface area contributed by atoms with Gasteiger partial charge in [-0.25, -0.2) is 0 Å². The second-order valence-electron chi connectivity index (χ2n) is 7.96. The Hall–Kier alpha value is -2.04. The monoisotopic (exact) mass is 484 g/mol. The van der Waals surface area contributed by atoms with E-state index in [4.69, 9.17) is 11.6 Å². The van der Waals surface area contributed by atoms with Crippen LogP contribution in [0.25, 0.3) is 0 Å². The number of carbonyl (C=O) groups is 1. The van der Waals surface area contributed by atoms with Crippen molar-refractivity contribution in [3.8, 4) is 0 Å². The predicted molar refractivity (Wildman–Crippen MR) is 126 cm³/mol. The van der Waals surface area contributed by atoms with E-state index in [0.717, 1.165) is 29.6 Å². The van der Waals surface area contributed by atoms with Crippen molar-refractivity contribution >= 4 is 33.4 Å². The average molecular weight is 486 g/mol. The second kappa shape index (κ2) is 9.84. The van der Waals surface area contributed by atoms with E-state index in [1.807, 2.05) is 23.1 Å². The summed E-state index contributed by atoms with van der Waals surface area (Å²) in [5, 5.41) is 0.522. The topological polar surface area (TPSA) is 25.2 Å². The summed E-state index contributed by atoms with van der Waals surface area (Å²) in [6.45, 7) is 1.38. The lowest BCUT2D eigenvalue weighted by Crippen LogP contribution is -2.41. The molecule has 156 valence electrons. The maximum absolute atomic E-state index is 13.5. The van der Waals surface area contributed by atoms with E-state index in [1.54, 1.807) is 6.07 Å². The van der Waals surface area contributed by atoms with Crippen LogP contribution in [-0.4, -0.2) is 21.4 Å². The third kappa shape index (κ3) is 4.98. The van der Waals surface area contributed by atoms with Crippen molar-refractivity contribution in [3.05, 3.63) is 93.2 Å². The van der Waals surface area contributed by atoms with Crippen molar-refractivity contribution in [3.63, 3.8) is 0 Å². The van der Waals surface area contributed by atoms with Crippen LogP contribution in [0.5, 0.6) is 0 Å². The van der Waals surface area contributed by atoms with E-state index < -0.39 is 0 Å². The van der Waals surface area contributed by atoms with Crippen LogP contribution in [0, 0.1) is 0 Å². The number of carbonyl (C=O) groups excluding carboxylic acids is 1. The molecular formula is C25H26BrClN2O. The van der Waals surface area contributed by atoms with E-state index in [2.05, 4.69) is 63.1 Å². The van der Waals surface area contributed by atoms with Crippen molar-refractivity contribution in [2.75, 3.05) is 0 Å². The summed E-state index contributed by atoms with van der Waals surface area (Å²) < 4.78 is 3.31. The van der Waals surface area contributed by atoms with Crippen molar-refractivity contribution in [2.24, 2.45) is 0 Å². The van der Waals surface area contributed by atoms with E-state index >= 15 is 0 Å². The molecule has 1 aliphatic carbocycles. The molecule has 3 aromatic rings.